The molecule has 4 heteroatoms. The van der Waals surface area contributed by atoms with Gasteiger partial charge in [-0.2, -0.15) is 5.10 Å². The number of hydrogen-bond acceptors (Lipinski definition) is 2. The van der Waals surface area contributed by atoms with Crippen molar-refractivity contribution in [1.29, 1.82) is 0 Å². The van der Waals surface area contributed by atoms with E-state index in [1.165, 1.54) is 11.3 Å². The molecule has 0 fully saturated rings. The molecule has 1 unspecified atom stereocenters. The Hall–Kier alpha value is -1.13. The summed E-state index contributed by atoms with van der Waals surface area (Å²) in [6.45, 7) is 8.33. The topological polar surface area (TPSA) is 29.9 Å². The first-order valence-corrected chi connectivity index (χ1v) is 8.46. The minimum atomic E-state index is 0.307. The molecular formula is C17H24BrN3. The second-order valence-corrected chi connectivity index (χ2v) is 6.18. The summed E-state index contributed by atoms with van der Waals surface area (Å²) in [7, 11) is 0. The summed E-state index contributed by atoms with van der Waals surface area (Å²) in [5.74, 6) is 0. The van der Waals surface area contributed by atoms with Crippen LogP contribution in [0.5, 0.6) is 0 Å². The maximum absolute atomic E-state index is 4.56. The summed E-state index contributed by atoms with van der Waals surface area (Å²) in [5.41, 5.74) is 3.69. The molecule has 0 aliphatic rings. The van der Waals surface area contributed by atoms with Gasteiger partial charge in [-0.3, -0.25) is 4.68 Å². The molecule has 0 spiro atoms. The Morgan fingerprint density at radius 3 is 2.71 bits per heavy atom. The van der Waals surface area contributed by atoms with Crippen LogP contribution in [-0.4, -0.2) is 16.3 Å². The van der Waals surface area contributed by atoms with Crippen LogP contribution in [0.15, 0.2) is 34.8 Å². The SMILES string of the molecule is CCCNC(Cc1cc(C)nn1CC)c1ccccc1Br. The summed E-state index contributed by atoms with van der Waals surface area (Å²) in [4.78, 5) is 0. The van der Waals surface area contributed by atoms with Crippen LogP contribution < -0.4 is 5.32 Å². The van der Waals surface area contributed by atoms with Crippen molar-refractivity contribution in [3.8, 4) is 0 Å². The van der Waals surface area contributed by atoms with Crippen LogP contribution in [0.4, 0.5) is 0 Å². The van der Waals surface area contributed by atoms with Crippen molar-refractivity contribution in [3.05, 3.63) is 51.8 Å². The van der Waals surface area contributed by atoms with Gasteiger partial charge in [0.05, 0.1) is 5.69 Å². The zero-order valence-corrected chi connectivity index (χ0v) is 14.7. The molecular weight excluding hydrogens is 326 g/mol. The number of nitrogens with zero attached hydrogens (tertiary/aromatic N) is 2. The van der Waals surface area contributed by atoms with Gasteiger partial charge in [0.15, 0.2) is 0 Å². The highest BCUT2D eigenvalue weighted by Gasteiger charge is 2.16. The number of halogens is 1. The minimum absolute atomic E-state index is 0.307. The highest BCUT2D eigenvalue weighted by molar-refractivity contribution is 9.10. The molecule has 0 radical (unpaired) electrons. The Balaban J connectivity index is 2.26. The first-order chi connectivity index (χ1) is 10.2. The maximum atomic E-state index is 4.56. The number of benzene rings is 1. The predicted octanol–water partition coefficient (Wildman–Crippen LogP) is 4.26. The average molecular weight is 350 g/mol. The molecule has 0 aliphatic carbocycles. The molecule has 0 aliphatic heterocycles. The van der Waals surface area contributed by atoms with Crippen molar-refractivity contribution in [2.24, 2.45) is 0 Å². The number of aryl methyl sites for hydroxylation is 2. The molecule has 0 amide bonds. The van der Waals surface area contributed by atoms with Crippen molar-refractivity contribution < 1.29 is 0 Å². The van der Waals surface area contributed by atoms with E-state index in [1.807, 2.05) is 0 Å². The van der Waals surface area contributed by atoms with Crippen molar-refractivity contribution in [2.75, 3.05) is 6.54 Å². The van der Waals surface area contributed by atoms with Gasteiger partial charge in [-0.15, -0.1) is 0 Å². The molecule has 1 aromatic carbocycles. The van der Waals surface area contributed by atoms with Crippen LogP contribution in [-0.2, 0) is 13.0 Å². The van der Waals surface area contributed by atoms with Crippen LogP contribution in [0.25, 0.3) is 0 Å². The lowest BCUT2D eigenvalue weighted by atomic mass is 10.0. The van der Waals surface area contributed by atoms with E-state index < -0.39 is 0 Å². The maximum Gasteiger partial charge on any atom is 0.0596 e. The van der Waals surface area contributed by atoms with E-state index in [0.29, 0.717) is 6.04 Å². The molecule has 0 saturated heterocycles. The van der Waals surface area contributed by atoms with Gasteiger partial charge in [0.25, 0.3) is 0 Å². The third-order valence-electron chi connectivity index (χ3n) is 3.62. The zero-order valence-electron chi connectivity index (χ0n) is 13.1. The normalized spacial score (nSPS) is 12.6. The summed E-state index contributed by atoms with van der Waals surface area (Å²) in [6.07, 6.45) is 2.09. The van der Waals surface area contributed by atoms with Gasteiger partial charge in [-0.1, -0.05) is 41.1 Å². The van der Waals surface area contributed by atoms with Crippen LogP contribution >= 0.6 is 15.9 Å². The first kappa shape index (κ1) is 16.2. The fourth-order valence-corrected chi connectivity index (χ4v) is 3.18. The largest absolute Gasteiger partial charge is 0.310 e. The second-order valence-electron chi connectivity index (χ2n) is 5.33. The van der Waals surface area contributed by atoms with Crippen LogP contribution in [0.3, 0.4) is 0 Å². The first-order valence-electron chi connectivity index (χ1n) is 7.66. The fourth-order valence-electron chi connectivity index (χ4n) is 2.61. The second kappa shape index (κ2) is 7.76. The monoisotopic (exact) mass is 349 g/mol. The Labute approximate surface area is 135 Å². The molecule has 0 bridgehead atoms. The fraction of sp³-hybridized carbons (Fsp3) is 0.471. The van der Waals surface area contributed by atoms with Gasteiger partial charge in [-0.25, -0.2) is 0 Å². The lowest BCUT2D eigenvalue weighted by Crippen LogP contribution is -2.25. The van der Waals surface area contributed by atoms with E-state index in [-0.39, 0.29) is 0 Å². The molecule has 3 nitrogen and oxygen atoms in total. The average Bonchev–Trinajstić information content (AvgIpc) is 2.84. The summed E-state index contributed by atoms with van der Waals surface area (Å²) >= 11 is 3.68. The quantitative estimate of drug-likeness (QED) is 0.809. The van der Waals surface area contributed by atoms with Crippen molar-refractivity contribution in [3.63, 3.8) is 0 Å². The van der Waals surface area contributed by atoms with Crippen molar-refractivity contribution in [2.45, 2.75) is 46.2 Å². The van der Waals surface area contributed by atoms with Crippen LogP contribution in [0, 0.1) is 6.92 Å². The van der Waals surface area contributed by atoms with Crippen LogP contribution in [0.2, 0.25) is 0 Å². The molecule has 0 saturated carbocycles. The zero-order chi connectivity index (χ0) is 15.2. The predicted molar refractivity (Wildman–Crippen MR) is 91.5 cm³/mol. The van der Waals surface area contributed by atoms with Crippen molar-refractivity contribution in [1.82, 2.24) is 15.1 Å². The Morgan fingerprint density at radius 2 is 2.05 bits per heavy atom. The number of rotatable bonds is 7. The lowest BCUT2D eigenvalue weighted by Gasteiger charge is -2.20. The van der Waals surface area contributed by atoms with E-state index in [2.05, 4.69) is 82.1 Å². The Kier molecular flexibility index (Phi) is 6.00. The highest BCUT2D eigenvalue weighted by Crippen LogP contribution is 2.26. The van der Waals surface area contributed by atoms with E-state index >= 15 is 0 Å². The van der Waals surface area contributed by atoms with Crippen LogP contribution in [0.1, 0.15) is 43.3 Å². The molecule has 21 heavy (non-hydrogen) atoms. The van der Waals surface area contributed by atoms with E-state index in [0.717, 1.165) is 36.1 Å². The molecule has 114 valence electrons. The van der Waals surface area contributed by atoms with E-state index in [9.17, 15) is 0 Å². The third-order valence-corrected chi connectivity index (χ3v) is 4.34. The molecule has 2 aromatic rings. The Bertz CT molecular complexity index is 577. The molecule has 1 N–H and O–H groups in total. The number of aromatic nitrogens is 2. The van der Waals surface area contributed by atoms with E-state index in [4.69, 9.17) is 0 Å². The smallest absolute Gasteiger partial charge is 0.0596 e. The van der Waals surface area contributed by atoms with Gasteiger partial charge in [0.1, 0.15) is 0 Å². The minimum Gasteiger partial charge on any atom is -0.310 e. The summed E-state index contributed by atoms with van der Waals surface area (Å²) in [6, 6.07) is 11.0. The van der Waals surface area contributed by atoms with Gasteiger partial charge in [-0.05, 0) is 44.5 Å². The van der Waals surface area contributed by atoms with E-state index in [1.54, 1.807) is 0 Å². The molecule has 1 atom stereocenters. The van der Waals surface area contributed by atoms with Gasteiger partial charge in [0, 0.05) is 29.2 Å². The van der Waals surface area contributed by atoms with Gasteiger partial charge < -0.3 is 5.32 Å². The molecule has 1 aromatic heterocycles. The third kappa shape index (κ3) is 4.17. The Morgan fingerprint density at radius 1 is 1.29 bits per heavy atom. The van der Waals surface area contributed by atoms with Gasteiger partial charge in [0.2, 0.25) is 0 Å². The molecule has 1 heterocycles. The standard InChI is InChI=1S/C17H24BrN3/c1-4-10-19-17(15-8-6-7-9-16(15)18)12-14-11-13(3)20-21(14)5-2/h6-9,11,17,19H,4-5,10,12H2,1-3H3. The van der Waals surface area contributed by atoms with Gasteiger partial charge >= 0.3 is 0 Å². The van der Waals surface area contributed by atoms with Crippen molar-refractivity contribution >= 4 is 15.9 Å². The summed E-state index contributed by atoms with van der Waals surface area (Å²) < 4.78 is 3.27. The highest BCUT2D eigenvalue weighted by atomic mass is 79.9. The number of nitrogens with one attached hydrogen (secondary N) is 1. The lowest BCUT2D eigenvalue weighted by molar-refractivity contribution is 0.501. The summed E-state index contributed by atoms with van der Waals surface area (Å²) in [5, 5.41) is 8.22. The number of hydrogen-bond donors (Lipinski definition) is 1. The molecule has 2 rings (SSSR count).